The second kappa shape index (κ2) is 8.99. The van der Waals surface area contributed by atoms with Gasteiger partial charge in [0.25, 0.3) is 0 Å². The number of hydrogen-bond acceptors (Lipinski definition) is 5. The van der Waals surface area contributed by atoms with E-state index < -0.39 is 10.0 Å². The lowest BCUT2D eigenvalue weighted by Crippen LogP contribution is -2.22. The lowest BCUT2D eigenvalue weighted by Gasteiger charge is -2.14. The molecule has 9 heteroatoms. The van der Waals surface area contributed by atoms with Gasteiger partial charge in [0.2, 0.25) is 15.9 Å². The summed E-state index contributed by atoms with van der Waals surface area (Å²) in [6, 6.07) is 11.9. The van der Waals surface area contributed by atoms with Crippen LogP contribution < -0.4 is 5.32 Å². The standard InChI is InChI=1S/C21H22ClN3O4S/c1-14-8-9-15(30(27,28)25(2)3)12-18(14)24-20(26)10-11-21-23-13-19(29-21)16-6-4-5-7-17(16)22/h4-9,12-13H,10-11H2,1-3H3,(H,24,26). The van der Waals surface area contributed by atoms with Crippen LogP contribution in [0.25, 0.3) is 11.3 Å². The molecule has 7 nitrogen and oxygen atoms in total. The first-order valence-electron chi connectivity index (χ1n) is 9.21. The minimum absolute atomic E-state index is 0.116. The molecule has 3 rings (SSSR count). The number of rotatable bonds is 7. The summed E-state index contributed by atoms with van der Waals surface area (Å²) in [5.74, 6) is 0.684. The van der Waals surface area contributed by atoms with Crippen LogP contribution in [0, 0.1) is 6.92 Å². The number of sulfonamides is 1. The summed E-state index contributed by atoms with van der Waals surface area (Å²) in [5.41, 5.74) is 1.95. The minimum atomic E-state index is -3.59. The summed E-state index contributed by atoms with van der Waals surface area (Å²) in [4.78, 5) is 16.7. The van der Waals surface area contributed by atoms with Crippen LogP contribution in [-0.4, -0.2) is 37.7 Å². The Hall–Kier alpha value is -2.68. The van der Waals surface area contributed by atoms with Crippen LogP contribution >= 0.6 is 11.6 Å². The first kappa shape index (κ1) is 22.0. The fourth-order valence-corrected chi connectivity index (χ4v) is 3.91. The van der Waals surface area contributed by atoms with Gasteiger partial charge in [-0.15, -0.1) is 0 Å². The molecule has 0 unspecified atom stereocenters. The molecular formula is C21H22ClN3O4S. The first-order chi connectivity index (χ1) is 14.2. The lowest BCUT2D eigenvalue weighted by molar-refractivity contribution is -0.116. The molecular weight excluding hydrogens is 426 g/mol. The predicted molar refractivity (Wildman–Crippen MR) is 116 cm³/mol. The molecule has 1 heterocycles. The third-order valence-corrected chi connectivity index (χ3v) is 6.66. The monoisotopic (exact) mass is 447 g/mol. The molecule has 158 valence electrons. The zero-order valence-corrected chi connectivity index (χ0v) is 18.4. The van der Waals surface area contributed by atoms with E-state index in [1.165, 1.54) is 26.2 Å². The summed E-state index contributed by atoms with van der Waals surface area (Å²) in [5, 5.41) is 3.32. The number of benzene rings is 2. The molecule has 0 spiro atoms. The smallest absolute Gasteiger partial charge is 0.242 e. The van der Waals surface area contributed by atoms with Gasteiger partial charge in [-0.2, -0.15) is 0 Å². The SMILES string of the molecule is Cc1ccc(S(=O)(=O)N(C)C)cc1NC(=O)CCc1ncc(-c2ccccc2Cl)o1. The van der Waals surface area contributed by atoms with Crippen LogP contribution in [0.3, 0.4) is 0 Å². The van der Waals surface area contributed by atoms with Crippen molar-refractivity contribution in [2.45, 2.75) is 24.7 Å². The number of carbonyl (C=O) groups is 1. The normalized spacial score (nSPS) is 11.6. The highest BCUT2D eigenvalue weighted by Gasteiger charge is 2.19. The van der Waals surface area contributed by atoms with Crippen LogP contribution in [0.2, 0.25) is 5.02 Å². The van der Waals surface area contributed by atoms with E-state index in [0.29, 0.717) is 28.8 Å². The van der Waals surface area contributed by atoms with E-state index >= 15 is 0 Å². The molecule has 0 aliphatic carbocycles. The molecule has 0 aliphatic rings. The van der Waals surface area contributed by atoms with Gasteiger partial charge in [-0.3, -0.25) is 4.79 Å². The minimum Gasteiger partial charge on any atom is -0.441 e. The van der Waals surface area contributed by atoms with Crippen molar-refractivity contribution in [3.05, 3.63) is 65.1 Å². The molecule has 3 aromatic rings. The Bertz CT molecular complexity index is 1170. The molecule has 0 saturated heterocycles. The van der Waals surface area contributed by atoms with E-state index in [4.69, 9.17) is 16.0 Å². The van der Waals surface area contributed by atoms with Crippen LogP contribution in [0.1, 0.15) is 17.9 Å². The number of hydrogen-bond donors (Lipinski definition) is 1. The van der Waals surface area contributed by atoms with Crippen LogP contribution in [-0.2, 0) is 21.2 Å². The van der Waals surface area contributed by atoms with Crippen molar-refractivity contribution in [2.24, 2.45) is 0 Å². The Morgan fingerprint density at radius 1 is 1.20 bits per heavy atom. The average Bonchev–Trinajstić information content (AvgIpc) is 3.17. The van der Waals surface area contributed by atoms with Gasteiger partial charge in [-0.1, -0.05) is 29.8 Å². The fourth-order valence-electron chi connectivity index (χ4n) is 2.75. The highest BCUT2D eigenvalue weighted by molar-refractivity contribution is 7.89. The maximum absolute atomic E-state index is 12.4. The van der Waals surface area contributed by atoms with Gasteiger partial charge >= 0.3 is 0 Å². The lowest BCUT2D eigenvalue weighted by atomic mass is 10.2. The molecule has 1 amide bonds. The van der Waals surface area contributed by atoms with Gasteiger partial charge in [0.05, 0.1) is 16.1 Å². The molecule has 30 heavy (non-hydrogen) atoms. The second-order valence-corrected chi connectivity index (χ2v) is 9.47. The van der Waals surface area contributed by atoms with Gasteiger partial charge in [0.15, 0.2) is 11.7 Å². The molecule has 0 radical (unpaired) electrons. The van der Waals surface area contributed by atoms with Gasteiger partial charge in [0, 0.05) is 38.2 Å². The van der Waals surface area contributed by atoms with E-state index in [2.05, 4.69) is 10.3 Å². The van der Waals surface area contributed by atoms with E-state index in [9.17, 15) is 13.2 Å². The van der Waals surface area contributed by atoms with Crippen LogP contribution in [0.15, 0.2) is 58.0 Å². The van der Waals surface area contributed by atoms with Crippen molar-refractivity contribution in [1.29, 1.82) is 0 Å². The van der Waals surface area contributed by atoms with E-state index in [1.54, 1.807) is 25.3 Å². The van der Waals surface area contributed by atoms with Gasteiger partial charge in [0.1, 0.15) is 0 Å². The molecule has 1 N–H and O–H groups in total. The van der Waals surface area contributed by atoms with Gasteiger partial charge in [-0.25, -0.2) is 17.7 Å². The number of amides is 1. The number of carbonyl (C=O) groups excluding carboxylic acids is 1. The average molecular weight is 448 g/mol. The number of aromatic nitrogens is 1. The zero-order valence-electron chi connectivity index (χ0n) is 16.8. The summed E-state index contributed by atoms with van der Waals surface area (Å²) < 4.78 is 31.5. The summed E-state index contributed by atoms with van der Waals surface area (Å²) in [6.45, 7) is 1.80. The Balaban J connectivity index is 1.67. The molecule has 0 aliphatic heterocycles. The number of halogens is 1. The van der Waals surface area contributed by atoms with Crippen LogP contribution in [0.4, 0.5) is 5.69 Å². The van der Waals surface area contributed by atoms with E-state index in [0.717, 1.165) is 15.4 Å². The highest BCUT2D eigenvalue weighted by atomic mass is 35.5. The van der Waals surface area contributed by atoms with E-state index in [1.807, 2.05) is 18.2 Å². The maximum Gasteiger partial charge on any atom is 0.242 e. The fraction of sp³-hybridized carbons (Fsp3) is 0.238. The van der Waals surface area contributed by atoms with Crippen molar-refractivity contribution in [1.82, 2.24) is 9.29 Å². The summed E-state index contributed by atoms with van der Waals surface area (Å²) in [7, 11) is -0.670. The largest absolute Gasteiger partial charge is 0.441 e. The first-order valence-corrected chi connectivity index (χ1v) is 11.0. The highest BCUT2D eigenvalue weighted by Crippen LogP contribution is 2.28. The number of nitrogens with zero attached hydrogens (tertiary/aromatic N) is 2. The van der Waals surface area contributed by atoms with Crippen LogP contribution in [0.5, 0.6) is 0 Å². The Labute approximate surface area is 180 Å². The second-order valence-electron chi connectivity index (χ2n) is 6.91. The third kappa shape index (κ3) is 4.89. The number of nitrogens with one attached hydrogen (secondary N) is 1. The third-order valence-electron chi connectivity index (χ3n) is 4.52. The quantitative estimate of drug-likeness (QED) is 0.588. The molecule has 2 aromatic carbocycles. The Morgan fingerprint density at radius 3 is 2.63 bits per heavy atom. The van der Waals surface area contributed by atoms with Gasteiger partial charge in [-0.05, 0) is 36.8 Å². The molecule has 0 bridgehead atoms. The molecule has 1 aromatic heterocycles. The Morgan fingerprint density at radius 2 is 1.93 bits per heavy atom. The number of oxazole rings is 1. The summed E-state index contributed by atoms with van der Waals surface area (Å²) >= 11 is 6.17. The molecule has 0 fully saturated rings. The van der Waals surface area contributed by atoms with Crippen molar-refractivity contribution < 1.29 is 17.6 Å². The van der Waals surface area contributed by atoms with E-state index in [-0.39, 0.29) is 17.2 Å². The van der Waals surface area contributed by atoms with Gasteiger partial charge < -0.3 is 9.73 Å². The van der Waals surface area contributed by atoms with Crippen molar-refractivity contribution >= 4 is 33.2 Å². The van der Waals surface area contributed by atoms with Crippen molar-refractivity contribution in [3.8, 4) is 11.3 Å². The van der Waals surface area contributed by atoms with Crippen molar-refractivity contribution in [2.75, 3.05) is 19.4 Å². The molecule has 0 atom stereocenters. The molecule has 0 saturated carbocycles. The number of aryl methyl sites for hydroxylation is 2. The predicted octanol–water partition coefficient (Wildman–Crippen LogP) is 4.13. The Kier molecular flexibility index (Phi) is 6.60. The topological polar surface area (TPSA) is 92.5 Å². The maximum atomic E-state index is 12.4. The number of anilines is 1. The zero-order chi connectivity index (χ0) is 21.9. The summed E-state index contributed by atoms with van der Waals surface area (Å²) in [6.07, 6.45) is 2.01. The van der Waals surface area contributed by atoms with Crippen molar-refractivity contribution in [3.63, 3.8) is 0 Å².